The molecule has 0 unspecified atom stereocenters. The molecule has 14 heavy (non-hydrogen) atoms. The molecular weight excluding hydrogens is 229 g/mol. The summed E-state index contributed by atoms with van der Waals surface area (Å²) < 4.78 is 4.52. The average molecular weight is 240 g/mol. The van der Waals surface area contributed by atoms with E-state index in [-0.39, 0.29) is 24.8 Å². The minimum absolute atomic E-state index is 0. The van der Waals surface area contributed by atoms with Crippen LogP contribution in [0.2, 0.25) is 0 Å². The highest BCUT2D eigenvalue weighted by molar-refractivity contribution is 5.86. The van der Waals surface area contributed by atoms with Crippen LogP contribution in [0.1, 0.15) is 22.0 Å². The molecule has 0 aliphatic carbocycles. The Morgan fingerprint density at radius 2 is 2.14 bits per heavy atom. The number of hydrogen-bond donors (Lipinski definition) is 2. The second kappa shape index (κ2) is 5.19. The summed E-state index contributed by atoms with van der Waals surface area (Å²) in [6.07, 6.45) is 0. The molecule has 7 heteroatoms. The van der Waals surface area contributed by atoms with Crippen LogP contribution in [0.15, 0.2) is 0 Å². The van der Waals surface area contributed by atoms with Gasteiger partial charge in [0.1, 0.15) is 0 Å². The van der Waals surface area contributed by atoms with Crippen molar-refractivity contribution in [1.82, 2.24) is 15.3 Å². The van der Waals surface area contributed by atoms with E-state index in [1.165, 1.54) is 7.11 Å². The Morgan fingerprint density at radius 1 is 1.43 bits per heavy atom. The van der Waals surface area contributed by atoms with E-state index in [9.17, 15) is 4.79 Å². The van der Waals surface area contributed by atoms with Crippen molar-refractivity contribution in [2.24, 2.45) is 0 Å². The molecule has 2 N–H and O–H groups in total. The van der Waals surface area contributed by atoms with Crippen LogP contribution in [0.5, 0.6) is 0 Å². The predicted octanol–water partition coefficient (Wildman–Crippen LogP) is 0.643. The minimum Gasteiger partial charge on any atom is -0.463 e. The van der Waals surface area contributed by atoms with Gasteiger partial charge in [-0.1, -0.05) is 0 Å². The molecular formula is C7H11Cl2N3O2. The number of imidazole rings is 1. The zero-order valence-corrected chi connectivity index (χ0v) is 9.13. The Kier molecular flexibility index (Phi) is 4.90. The van der Waals surface area contributed by atoms with Crippen molar-refractivity contribution in [1.29, 1.82) is 0 Å². The maximum absolute atomic E-state index is 11.0. The van der Waals surface area contributed by atoms with Gasteiger partial charge in [-0.25, -0.2) is 9.78 Å². The van der Waals surface area contributed by atoms with Crippen LogP contribution in [-0.2, 0) is 17.8 Å². The van der Waals surface area contributed by atoms with Gasteiger partial charge in [-0.2, -0.15) is 0 Å². The highest BCUT2D eigenvalue weighted by Crippen LogP contribution is 2.11. The molecule has 0 aromatic carbocycles. The quantitative estimate of drug-likeness (QED) is 0.707. The normalized spacial score (nSPS) is 12.4. The van der Waals surface area contributed by atoms with E-state index >= 15 is 0 Å². The summed E-state index contributed by atoms with van der Waals surface area (Å²) in [7, 11) is 1.34. The Hall–Kier alpha value is -0.780. The molecule has 1 aromatic rings. The largest absolute Gasteiger partial charge is 0.463 e. The molecule has 0 saturated heterocycles. The maximum Gasteiger partial charge on any atom is 0.374 e. The molecule has 5 nitrogen and oxygen atoms in total. The van der Waals surface area contributed by atoms with E-state index in [4.69, 9.17) is 0 Å². The monoisotopic (exact) mass is 239 g/mol. The number of aromatic amines is 1. The van der Waals surface area contributed by atoms with Gasteiger partial charge < -0.3 is 15.0 Å². The van der Waals surface area contributed by atoms with Crippen LogP contribution in [0.3, 0.4) is 0 Å². The summed E-state index contributed by atoms with van der Waals surface area (Å²) in [5, 5.41) is 3.11. The van der Waals surface area contributed by atoms with Gasteiger partial charge in [0.25, 0.3) is 0 Å². The third kappa shape index (κ3) is 2.17. The molecule has 0 radical (unpaired) electrons. The standard InChI is InChI=1S/C7H9N3O2.2ClH/c1-12-7(11)6-9-4-2-8-3-5(4)10-6;;/h8H,2-3H2,1H3,(H,9,10);2*1H. The molecule has 1 aromatic heterocycles. The fraction of sp³-hybridized carbons (Fsp3) is 0.429. The zero-order chi connectivity index (χ0) is 8.55. The molecule has 2 heterocycles. The molecule has 1 aliphatic heterocycles. The SMILES string of the molecule is COC(=O)c1nc2c([nH]1)CNC2.Cl.Cl. The number of carbonyl (C=O) groups excluding carboxylic acids is 1. The van der Waals surface area contributed by atoms with Gasteiger partial charge in [0.05, 0.1) is 18.5 Å². The van der Waals surface area contributed by atoms with Crippen molar-refractivity contribution in [3.8, 4) is 0 Å². The molecule has 0 spiro atoms. The molecule has 0 fully saturated rings. The highest BCUT2D eigenvalue weighted by Gasteiger charge is 2.18. The second-order valence-electron chi connectivity index (χ2n) is 2.61. The summed E-state index contributed by atoms with van der Waals surface area (Å²) in [6.45, 7) is 1.47. The fourth-order valence-corrected chi connectivity index (χ4v) is 1.24. The molecule has 0 bridgehead atoms. The molecule has 1 aliphatic rings. The van der Waals surface area contributed by atoms with Crippen molar-refractivity contribution in [3.05, 3.63) is 17.2 Å². The van der Waals surface area contributed by atoms with Crippen LogP contribution >= 0.6 is 24.8 Å². The Bertz CT molecular complexity index is 305. The first-order valence-corrected chi connectivity index (χ1v) is 3.68. The third-order valence-corrected chi connectivity index (χ3v) is 1.84. The first-order valence-electron chi connectivity index (χ1n) is 3.68. The summed E-state index contributed by atoms with van der Waals surface area (Å²) in [4.78, 5) is 17.9. The molecule has 2 rings (SSSR count). The Balaban J connectivity index is 0.000000845. The second-order valence-corrected chi connectivity index (χ2v) is 2.61. The first kappa shape index (κ1) is 13.2. The Morgan fingerprint density at radius 3 is 2.71 bits per heavy atom. The summed E-state index contributed by atoms with van der Waals surface area (Å²) in [6, 6.07) is 0. The van der Waals surface area contributed by atoms with Gasteiger partial charge in [0.2, 0.25) is 5.82 Å². The topological polar surface area (TPSA) is 67.0 Å². The van der Waals surface area contributed by atoms with Crippen LogP contribution in [-0.4, -0.2) is 23.0 Å². The van der Waals surface area contributed by atoms with Crippen LogP contribution in [0.4, 0.5) is 0 Å². The van der Waals surface area contributed by atoms with Crippen molar-refractivity contribution < 1.29 is 9.53 Å². The first-order chi connectivity index (χ1) is 5.81. The number of ether oxygens (including phenoxy) is 1. The fourth-order valence-electron chi connectivity index (χ4n) is 1.24. The van der Waals surface area contributed by atoms with Crippen molar-refractivity contribution >= 4 is 30.8 Å². The lowest BCUT2D eigenvalue weighted by molar-refractivity contribution is 0.0587. The third-order valence-electron chi connectivity index (χ3n) is 1.84. The number of H-pyrrole nitrogens is 1. The van der Waals surface area contributed by atoms with Crippen LogP contribution in [0.25, 0.3) is 0 Å². The van der Waals surface area contributed by atoms with Gasteiger partial charge >= 0.3 is 5.97 Å². The zero-order valence-electron chi connectivity index (χ0n) is 7.49. The Labute approximate surface area is 93.4 Å². The van der Waals surface area contributed by atoms with Gasteiger partial charge in [-0.15, -0.1) is 24.8 Å². The number of halogens is 2. The number of fused-ring (bicyclic) bond motifs is 1. The van der Waals surface area contributed by atoms with Crippen molar-refractivity contribution in [2.75, 3.05) is 7.11 Å². The van der Waals surface area contributed by atoms with E-state index in [0.29, 0.717) is 5.82 Å². The number of esters is 1. The summed E-state index contributed by atoms with van der Waals surface area (Å²) in [5.41, 5.74) is 1.89. The number of methoxy groups -OCH3 is 1. The number of hydrogen-bond acceptors (Lipinski definition) is 4. The number of aromatic nitrogens is 2. The number of carbonyl (C=O) groups is 1. The smallest absolute Gasteiger partial charge is 0.374 e. The van der Waals surface area contributed by atoms with E-state index in [2.05, 4.69) is 20.0 Å². The van der Waals surface area contributed by atoms with E-state index in [1.54, 1.807) is 0 Å². The van der Waals surface area contributed by atoms with Crippen molar-refractivity contribution in [2.45, 2.75) is 13.1 Å². The lowest BCUT2D eigenvalue weighted by Gasteiger charge is -1.93. The molecule has 0 amide bonds. The van der Waals surface area contributed by atoms with E-state index in [1.807, 2.05) is 0 Å². The lowest BCUT2D eigenvalue weighted by atomic mass is 10.4. The van der Waals surface area contributed by atoms with Crippen LogP contribution < -0.4 is 5.32 Å². The van der Waals surface area contributed by atoms with Gasteiger partial charge in [-0.05, 0) is 0 Å². The van der Waals surface area contributed by atoms with Crippen LogP contribution in [0, 0.1) is 0 Å². The van der Waals surface area contributed by atoms with Gasteiger partial charge in [0, 0.05) is 13.1 Å². The molecule has 0 saturated carbocycles. The summed E-state index contributed by atoms with van der Waals surface area (Å²) >= 11 is 0. The van der Waals surface area contributed by atoms with E-state index < -0.39 is 5.97 Å². The highest BCUT2D eigenvalue weighted by atomic mass is 35.5. The maximum atomic E-state index is 11.0. The molecule has 0 atom stereocenters. The number of rotatable bonds is 1. The summed E-state index contributed by atoms with van der Waals surface area (Å²) in [5.74, 6) is -0.117. The predicted molar refractivity (Wildman–Crippen MR) is 55.0 cm³/mol. The average Bonchev–Trinajstić information content (AvgIpc) is 2.60. The lowest BCUT2D eigenvalue weighted by Crippen LogP contribution is -2.08. The van der Waals surface area contributed by atoms with Crippen molar-refractivity contribution in [3.63, 3.8) is 0 Å². The number of nitrogens with zero attached hydrogens (tertiary/aromatic N) is 1. The molecule has 80 valence electrons. The van der Waals surface area contributed by atoms with Gasteiger partial charge in [0.15, 0.2) is 0 Å². The minimum atomic E-state index is -0.413. The van der Waals surface area contributed by atoms with E-state index in [0.717, 1.165) is 24.5 Å². The number of nitrogens with one attached hydrogen (secondary N) is 2. The van der Waals surface area contributed by atoms with Gasteiger partial charge in [-0.3, -0.25) is 0 Å².